The number of methoxy groups -OCH3 is 1. The van der Waals surface area contributed by atoms with Gasteiger partial charge in [0, 0.05) is 25.7 Å². The molecule has 0 aromatic rings. The van der Waals surface area contributed by atoms with Crippen LogP contribution in [0.3, 0.4) is 0 Å². The molecule has 0 aromatic carbocycles. The highest BCUT2D eigenvalue weighted by molar-refractivity contribution is 4.84. The zero-order valence-electron chi connectivity index (χ0n) is 9.47. The predicted molar refractivity (Wildman–Crippen MR) is 56.9 cm³/mol. The molecule has 0 rings (SSSR count). The maximum absolute atomic E-state index is 5.78. The van der Waals surface area contributed by atoms with Gasteiger partial charge in [-0.15, -0.1) is 0 Å². The molecular weight excluding hydrogens is 164 g/mol. The number of rotatable bonds is 7. The molecule has 0 saturated heterocycles. The van der Waals surface area contributed by atoms with Crippen molar-refractivity contribution in [1.29, 1.82) is 0 Å². The van der Waals surface area contributed by atoms with Crippen LogP contribution in [0.4, 0.5) is 0 Å². The summed E-state index contributed by atoms with van der Waals surface area (Å²) in [5.41, 5.74) is 5.92. The van der Waals surface area contributed by atoms with Crippen LogP contribution in [0.1, 0.15) is 26.7 Å². The van der Waals surface area contributed by atoms with Gasteiger partial charge in [0.05, 0.1) is 6.61 Å². The summed E-state index contributed by atoms with van der Waals surface area (Å²) in [6, 6.07) is 0. The highest BCUT2D eigenvalue weighted by atomic mass is 16.5. The number of hydrogen-bond donors (Lipinski definition) is 1. The molecule has 2 N–H and O–H groups in total. The van der Waals surface area contributed by atoms with Gasteiger partial charge in [-0.3, -0.25) is 4.90 Å². The van der Waals surface area contributed by atoms with E-state index in [0.717, 1.165) is 19.6 Å². The number of nitrogens with zero attached hydrogens (tertiary/aromatic N) is 1. The van der Waals surface area contributed by atoms with E-state index in [1.54, 1.807) is 7.11 Å². The van der Waals surface area contributed by atoms with Gasteiger partial charge in [-0.2, -0.15) is 0 Å². The third kappa shape index (κ3) is 4.07. The van der Waals surface area contributed by atoms with Crippen molar-refractivity contribution in [2.45, 2.75) is 32.2 Å². The average Bonchev–Trinajstić information content (AvgIpc) is 2.14. The summed E-state index contributed by atoms with van der Waals surface area (Å²) in [5.74, 6) is 0. The molecular formula is C10H24N2O. The minimum atomic E-state index is 0.132. The minimum absolute atomic E-state index is 0.132. The first-order valence-electron chi connectivity index (χ1n) is 5.01. The summed E-state index contributed by atoms with van der Waals surface area (Å²) in [5, 5.41) is 0. The van der Waals surface area contributed by atoms with Crippen LogP contribution < -0.4 is 5.73 Å². The van der Waals surface area contributed by atoms with E-state index in [1.165, 1.54) is 6.42 Å². The van der Waals surface area contributed by atoms with E-state index in [1.807, 2.05) is 0 Å². The van der Waals surface area contributed by atoms with Gasteiger partial charge >= 0.3 is 0 Å². The van der Waals surface area contributed by atoms with Crippen molar-refractivity contribution in [2.24, 2.45) is 5.73 Å². The largest absolute Gasteiger partial charge is 0.383 e. The maximum atomic E-state index is 5.78. The fourth-order valence-electron chi connectivity index (χ4n) is 1.49. The van der Waals surface area contributed by atoms with Crippen LogP contribution in [0.25, 0.3) is 0 Å². The van der Waals surface area contributed by atoms with Gasteiger partial charge in [0.1, 0.15) is 0 Å². The van der Waals surface area contributed by atoms with Crippen LogP contribution >= 0.6 is 0 Å². The normalized spacial score (nSPS) is 16.2. The topological polar surface area (TPSA) is 38.5 Å². The summed E-state index contributed by atoms with van der Waals surface area (Å²) < 4.78 is 5.05. The first-order chi connectivity index (χ1) is 6.10. The summed E-state index contributed by atoms with van der Waals surface area (Å²) in [6.45, 7) is 6.84. The third-order valence-electron chi connectivity index (χ3n) is 2.78. The van der Waals surface area contributed by atoms with E-state index >= 15 is 0 Å². The van der Waals surface area contributed by atoms with Crippen molar-refractivity contribution < 1.29 is 4.74 Å². The van der Waals surface area contributed by atoms with Crippen LogP contribution in [0, 0.1) is 0 Å². The van der Waals surface area contributed by atoms with Gasteiger partial charge in [0.2, 0.25) is 0 Å². The first kappa shape index (κ1) is 12.9. The molecule has 0 fully saturated rings. The van der Waals surface area contributed by atoms with Crippen molar-refractivity contribution in [3.63, 3.8) is 0 Å². The zero-order chi connectivity index (χ0) is 10.3. The van der Waals surface area contributed by atoms with Crippen molar-refractivity contribution in [3.8, 4) is 0 Å². The molecule has 0 aliphatic heterocycles. The van der Waals surface area contributed by atoms with Crippen LogP contribution in [0.2, 0.25) is 0 Å². The molecule has 0 aromatic heterocycles. The second kappa shape index (κ2) is 6.35. The standard InChI is InChI=1S/C10H24N2O/c1-5-6-10(2,9-11)12(3)7-8-13-4/h5-9,11H2,1-4H3. The Bertz CT molecular complexity index is 130. The Morgan fingerprint density at radius 2 is 2.08 bits per heavy atom. The maximum Gasteiger partial charge on any atom is 0.0589 e. The molecule has 3 heteroatoms. The Morgan fingerprint density at radius 1 is 1.46 bits per heavy atom. The predicted octanol–water partition coefficient (Wildman–Crippen LogP) is 1.08. The molecule has 0 spiro atoms. The van der Waals surface area contributed by atoms with Gasteiger partial charge < -0.3 is 10.5 Å². The van der Waals surface area contributed by atoms with Gasteiger partial charge in [-0.25, -0.2) is 0 Å². The summed E-state index contributed by atoms with van der Waals surface area (Å²) in [7, 11) is 3.84. The van der Waals surface area contributed by atoms with Gasteiger partial charge in [0.25, 0.3) is 0 Å². The Morgan fingerprint density at radius 3 is 2.46 bits per heavy atom. The second-order valence-electron chi connectivity index (χ2n) is 3.87. The van der Waals surface area contributed by atoms with Crippen LogP contribution in [-0.4, -0.2) is 44.3 Å². The van der Waals surface area contributed by atoms with Crippen molar-refractivity contribution >= 4 is 0 Å². The fraction of sp³-hybridized carbons (Fsp3) is 1.00. The lowest BCUT2D eigenvalue weighted by Gasteiger charge is -2.37. The fourth-order valence-corrected chi connectivity index (χ4v) is 1.49. The number of nitrogens with two attached hydrogens (primary N) is 1. The summed E-state index contributed by atoms with van der Waals surface area (Å²) in [4.78, 5) is 2.29. The molecule has 0 saturated carbocycles. The number of ether oxygens (including phenoxy) is 1. The lowest BCUT2D eigenvalue weighted by atomic mass is 9.94. The van der Waals surface area contributed by atoms with Gasteiger partial charge in [-0.05, 0) is 20.4 Å². The molecule has 0 amide bonds. The van der Waals surface area contributed by atoms with E-state index in [9.17, 15) is 0 Å². The lowest BCUT2D eigenvalue weighted by Crippen LogP contribution is -2.50. The van der Waals surface area contributed by atoms with Crippen LogP contribution in [0.5, 0.6) is 0 Å². The van der Waals surface area contributed by atoms with E-state index in [0.29, 0.717) is 6.54 Å². The smallest absolute Gasteiger partial charge is 0.0589 e. The molecule has 1 atom stereocenters. The molecule has 1 unspecified atom stereocenters. The lowest BCUT2D eigenvalue weighted by molar-refractivity contribution is 0.0880. The van der Waals surface area contributed by atoms with Crippen LogP contribution in [0.15, 0.2) is 0 Å². The molecule has 0 aliphatic carbocycles. The van der Waals surface area contributed by atoms with Gasteiger partial charge in [0.15, 0.2) is 0 Å². The molecule has 3 nitrogen and oxygen atoms in total. The Kier molecular flexibility index (Phi) is 6.29. The van der Waals surface area contributed by atoms with E-state index in [2.05, 4.69) is 25.8 Å². The third-order valence-corrected chi connectivity index (χ3v) is 2.78. The first-order valence-corrected chi connectivity index (χ1v) is 5.01. The van der Waals surface area contributed by atoms with E-state index < -0.39 is 0 Å². The highest BCUT2D eigenvalue weighted by Gasteiger charge is 2.25. The zero-order valence-corrected chi connectivity index (χ0v) is 9.47. The highest BCUT2D eigenvalue weighted by Crippen LogP contribution is 2.17. The Labute approximate surface area is 82.2 Å². The Hall–Kier alpha value is -0.120. The van der Waals surface area contributed by atoms with Crippen molar-refractivity contribution in [1.82, 2.24) is 4.90 Å². The number of hydrogen-bond acceptors (Lipinski definition) is 3. The van der Waals surface area contributed by atoms with Crippen LogP contribution in [-0.2, 0) is 4.74 Å². The monoisotopic (exact) mass is 188 g/mol. The molecule has 0 heterocycles. The Balaban J connectivity index is 4.03. The van der Waals surface area contributed by atoms with E-state index in [4.69, 9.17) is 10.5 Å². The minimum Gasteiger partial charge on any atom is -0.383 e. The SMILES string of the molecule is CCCC(C)(CN)N(C)CCOC. The molecule has 0 bridgehead atoms. The number of likely N-dealkylation sites (N-methyl/N-ethyl adjacent to an activating group) is 1. The molecule has 0 radical (unpaired) electrons. The van der Waals surface area contributed by atoms with E-state index in [-0.39, 0.29) is 5.54 Å². The molecule has 13 heavy (non-hydrogen) atoms. The van der Waals surface area contributed by atoms with Crippen molar-refractivity contribution in [2.75, 3.05) is 33.9 Å². The second-order valence-corrected chi connectivity index (χ2v) is 3.87. The molecule has 80 valence electrons. The quantitative estimate of drug-likeness (QED) is 0.650. The average molecular weight is 188 g/mol. The van der Waals surface area contributed by atoms with Crippen molar-refractivity contribution in [3.05, 3.63) is 0 Å². The summed E-state index contributed by atoms with van der Waals surface area (Å²) >= 11 is 0. The van der Waals surface area contributed by atoms with Gasteiger partial charge in [-0.1, -0.05) is 13.3 Å². The summed E-state index contributed by atoms with van der Waals surface area (Å²) in [6.07, 6.45) is 2.31. The molecule has 0 aliphatic rings.